The molecule has 19 heavy (non-hydrogen) atoms. The molecule has 0 bridgehead atoms. The number of aliphatic imine (C=N–C) groups is 1. The summed E-state index contributed by atoms with van der Waals surface area (Å²) in [6, 6.07) is 6.78. The van der Waals surface area contributed by atoms with Crippen molar-refractivity contribution in [1.29, 1.82) is 0 Å². The van der Waals surface area contributed by atoms with Crippen LogP contribution in [0.25, 0.3) is 0 Å². The van der Waals surface area contributed by atoms with Gasteiger partial charge < -0.3 is 4.74 Å². The predicted octanol–water partition coefficient (Wildman–Crippen LogP) is 2.54. The van der Waals surface area contributed by atoms with E-state index in [-0.39, 0.29) is 10.8 Å². The first-order valence-corrected chi connectivity index (χ1v) is 5.85. The van der Waals surface area contributed by atoms with Crippen molar-refractivity contribution in [2.24, 2.45) is 4.99 Å². The average molecular weight is 276 g/mol. The zero-order valence-electron chi connectivity index (χ0n) is 10.1. The summed E-state index contributed by atoms with van der Waals surface area (Å²) < 4.78 is 5.09. The van der Waals surface area contributed by atoms with Gasteiger partial charge >= 0.3 is 0 Å². The zero-order valence-corrected chi connectivity index (χ0v) is 10.8. The Morgan fingerprint density at radius 3 is 2.68 bits per heavy atom. The Kier molecular flexibility index (Phi) is 3.92. The number of carbonyl (C=O) groups is 2. The molecule has 0 unspecified atom stereocenters. The number of hydrogen-bond donors (Lipinski definition) is 0. The third-order valence-corrected chi connectivity index (χ3v) is 2.78. The van der Waals surface area contributed by atoms with Crippen molar-refractivity contribution >= 4 is 29.0 Å². The topological polar surface area (TPSA) is 55.7 Å². The molecule has 0 radical (unpaired) electrons. The van der Waals surface area contributed by atoms with E-state index in [0.29, 0.717) is 17.0 Å². The first-order chi connectivity index (χ1) is 9.11. The highest BCUT2D eigenvalue weighted by Gasteiger charge is 2.13. The van der Waals surface area contributed by atoms with E-state index < -0.39 is 5.91 Å². The molecule has 5 heteroatoms. The quantitative estimate of drug-likeness (QED) is 0.780. The molecule has 0 saturated carbocycles. The van der Waals surface area contributed by atoms with Gasteiger partial charge in [0, 0.05) is 0 Å². The fraction of sp³-hybridized carbons (Fsp3) is 0.0714. The standard InChI is InChI=1S/C14H10ClNO3/c1-19-13-5-3-2-4-10(13)14(18)16-9-6-7-12(17)11(15)8-9/h2-8H,1H3. The summed E-state index contributed by atoms with van der Waals surface area (Å²) in [5.74, 6) is -0.305. The van der Waals surface area contributed by atoms with E-state index in [1.165, 1.54) is 25.3 Å². The van der Waals surface area contributed by atoms with Gasteiger partial charge in [-0.1, -0.05) is 23.7 Å². The van der Waals surface area contributed by atoms with Crippen LogP contribution in [0, 0.1) is 0 Å². The molecule has 1 aliphatic rings. The number of ether oxygens (including phenoxy) is 1. The van der Waals surface area contributed by atoms with Gasteiger partial charge in [0.15, 0.2) is 5.78 Å². The van der Waals surface area contributed by atoms with Crippen LogP contribution in [0.2, 0.25) is 0 Å². The van der Waals surface area contributed by atoms with Crippen LogP contribution in [0.5, 0.6) is 5.75 Å². The molecule has 2 rings (SSSR count). The number of benzene rings is 1. The molecule has 0 N–H and O–H groups in total. The van der Waals surface area contributed by atoms with Crippen molar-refractivity contribution in [1.82, 2.24) is 0 Å². The number of methoxy groups -OCH3 is 1. The molecule has 1 aromatic carbocycles. The summed E-state index contributed by atoms with van der Waals surface area (Å²) in [5, 5.41) is 0.0362. The largest absolute Gasteiger partial charge is 0.496 e. The number of amides is 1. The lowest BCUT2D eigenvalue weighted by atomic mass is 10.1. The van der Waals surface area contributed by atoms with Gasteiger partial charge in [0.1, 0.15) is 5.75 Å². The molecule has 0 saturated heterocycles. The fourth-order valence-electron chi connectivity index (χ4n) is 1.56. The summed E-state index contributed by atoms with van der Waals surface area (Å²) in [4.78, 5) is 27.1. The molecule has 96 valence electrons. The maximum atomic E-state index is 12.0. The van der Waals surface area contributed by atoms with E-state index in [1.54, 1.807) is 24.3 Å². The van der Waals surface area contributed by atoms with E-state index in [1.807, 2.05) is 0 Å². The second kappa shape index (κ2) is 5.63. The molecular weight excluding hydrogens is 266 g/mol. The monoisotopic (exact) mass is 275 g/mol. The molecule has 0 aliphatic heterocycles. The van der Waals surface area contributed by atoms with Crippen LogP contribution in [0.15, 0.2) is 52.5 Å². The molecule has 0 spiro atoms. The SMILES string of the molecule is COc1ccccc1C(=O)N=C1C=CC(=O)C(Cl)=C1. The Morgan fingerprint density at radius 1 is 1.26 bits per heavy atom. The van der Waals surface area contributed by atoms with Crippen LogP contribution >= 0.6 is 11.6 Å². The van der Waals surface area contributed by atoms with Crippen LogP contribution in [-0.4, -0.2) is 24.5 Å². The lowest BCUT2D eigenvalue weighted by molar-refractivity contribution is -0.110. The zero-order chi connectivity index (χ0) is 13.8. The minimum Gasteiger partial charge on any atom is -0.496 e. The number of halogens is 1. The summed E-state index contributed by atoms with van der Waals surface area (Å²) in [5.41, 5.74) is 0.688. The smallest absolute Gasteiger partial charge is 0.281 e. The number of rotatable bonds is 2. The Balaban J connectivity index is 2.31. The first-order valence-electron chi connectivity index (χ1n) is 5.47. The number of hydrogen-bond acceptors (Lipinski definition) is 3. The second-order valence-electron chi connectivity index (χ2n) is 3.73. The van der Waals surface area contributed by atoms with Gasteiger partial charge in [-0.15, -0.1) is 0 Å². The Labute approximate surface area is 115 Å². The molecule has 0 aromatic heterocycles. The molecule has 1 amide bonds. The average Bonchev–Trinajstić information content (AvgIpc) is 2.43. The maximum Gasteiger partial charge on any atom is 0.281 e. The number of nitrogens with zero attached hydrogens (tertiary/aromatic N) is 1. The van der Waals surface area contributed by atoms with Crippen molar-refractivity contribution in [2.75, 3.05) is 7.11 Å². The molecule has 0 fully saturated rings. The minimum absolute atomic E-state index is 0.0362. The minimum atomic E-state index is -0.452. The maximum absolute atomic E-state index is 12.0. The van der Waals surface area contributed by atoms with E-state index in [2.05, 4.69) is 4.99 Å². The van der Waals surface area contributed by atoms with E-state index in [9.17, 15) is 9.59 Å². The second-order valence-corrected chi connectivity index (χ2v) is 4.14. The van der Waals surface area contributed by atoms with Crippen LogP contribution in [0.1, 0.15) is 10.4 Å². The van der Waals surface area contributed by atoms with E-state index in [0.717, 1.165) is 0 Å². The molecule has 0 heterocycles. The van der Waals surface area contributed by atoms with Gasteiger partial charge in [0.05, 0.1) is 23.4 Å². The first kappa shape index (κ1) is 13.2. The van der Waals surface area contributed by atoms with Crippen LogP contribution in [0.4, 0.5) is 0 Å². The van der Waals surface area contributed by atoms with Crippen molar-refractivity contribution in [3.63, 3.8) is 0 Å². The van der Waals surface area contributed by atoms with Crippen molar-refractivity contribution in [3.05, 3.63) is 53.1 Å². The number of ketones is 1. The summed E-state index contributed by atoms with van der Waals surface area (Å²) >= 11 is 5.69. The third-order valence-electron chi connectivity index (χ3n) is 2.48. The van der Waals surface area contributed by atoms with Crippen molar-refractivity contribution < 1.29 is 14.3 Å². The number of allylic oxidation sites excluding steroid dienone is 4. The van der Waals surface area contributed by atoms with Gasteiger partial charge in [-0.2, -0.15) is 0 Å². The van der Waals surface area contributed by atoms with Gasteiger partial charge in [0.2, 0.25) is 0 Å². The third kappa shape index (κ3) is 2.98. The van der Waals surface area contributed by atoms with Gasteiger partial charge in [-0.05, 0) is 30.4 Å². The molecule has 1 aliphatic carbocycles. The normalized spacial score (nSPS) is 16.4. The Morgan fingerprint density at radius 2 is 2.00 bits per heavy atom. The Bertz CT molecular complexity index is 629. The molecule has 4 nitrogen and oxygen atoms in total. The number of para-hydroxylation sites is 1. The number of carbonyl (C=O) groups excluding carboxylic acids is 2. The van der Waals surface area contributed by atoms with E-state index in [4.69, 9.17) is 16.3 Å². The summed E-state index contributed by atoms with van der Waals surface area (Å²) in [6.07, 6.45) is 4.08. The summed E-state index contributed by atoms with van der Waals surface area (Å²) in [6.45, 7) is 0. The van der Waals surface area contributed by atoms with Crippen molar-refractivity contribution in [2.45, 2.75) is 0 Å². The molecule has 1 aromatic rings. The van der Waals surface area contributed by atoms with E-state index >= 15 is 0 Å². The van der Waals surface area contributed by atoms with Crippen LogP contribution < -0.4 is 4.74 Å². The van der Waals surface area contributed by atoms with Gasteiger partial charge in [0.25, 0.3) is 5.91 Å². The lowest BCUT2D eigenvalue weighted by Gasteiger charge is -2.05. The predicted molar refractivity (Wildman–Crippen MR) is 72.8 cm³/mol. The van der Waals surface area contributed by atoms with Gasteiger partial charge in [-0.3, -0.25) is 9.59 Å². The van der Waals surface area contributed by atoms with Crippen LogP contribution in [-0.2, 0) is 4.79 Å². The highest BCUT2D eigenvalue weighted by atomic mass is 35.5. The van der Waals surface area contributed by atoms with Crippen LogP contribution in [0.3, 0.4) is 0 Å². The fourth-order valence-corrected chi connectivity index (χ4v) is 1.73. The Hall–Kier alpha value is -2.20. The van der Waals surface area contributed by atoms with Gasteiger partial charge in [-0.25, -0.2) is 4.99 Å². The molecular formula is C14H10ClNO3. The summed E-state index contributed by atoms with van der Waals surface area (Å²) in [7, 11) is 1.48. The highest BCUT2D eigenvalue weighted by Crippen LogP contribution is 2.19. The highest BCUT2D eigenvalue weighted by molar-refractivity contribution is 6.47. The van der Waals surface area contributed by atoms with Crippen molar-refractivity contribution in [3.8, 4) is 5.75 Å². The molecule has 0 atom stereocenters. The lowest BCUT2D eigenvalue weighted by Crippen LogP contribution is -2.07.